The fourth-order valence-electron chi connectivity index (χ4n) is 4.03. The normalized spacial score (nSPS) is 17.8. The molecule has 0 spiro atoms. The Labute approximate surface area is 196 Å². The topological polar surface area (TPSA) is 62.7 Å². The number of aromatic nitrogens is 1. The molecule has 1 aromatic heterocycles. The van der Waals surface area contributed by atoms with E-state index in [2.05, 4.69) is 47.1 Å². The zero-order valence-corrected chi connectivity index (χ0v) is 20.0. The van der Waals surface area contributed by atoms with Gasteiger partial charge in [-0.15, -0.1) is 0 Å². The highest BCUT2D eigenvalue weighted by Gasteiger charge is 2.16. The molecule has 0 saturated carbocycles. The van der Waals surface area contributed by atoms with Gasteiger partial charge in [-0.2, -0.15) is 10.1 Å². The molecule has 8 heteroatoms. The lowest BCUT2D eigenvalue weighted by molar-refractivity contribution is 0.0320. The SMILES string of the molecule is C/C(=N\N(C)c1cc(N2CCOCC2)cc(OCCN2CCOCC2)n1)c1cccc(C)c1. The first-order chi connectivity index (χ1) is 16.1. The number of aryl methyl sites for hydroxylation is 1. The van der Waals surface area contributed by atoms with Gasteiger partial charge >= 0.3 is 0 Å². The standard InChI is InChI=1S/C25H35N5O3/c1-20-5-4-6-22(17-20)21(2)27-28(3)24-18-23(30-10-14-32-15-11-30)19-25(26-24)33-16-9-29-7-12-31-13-8-29/h4-6,17-19H,7-16H2,1-3H3/b27-21+. The van der Waals surface area contributed by atoms with Crippen molar-refractivity contribution in [3.63, 3.8) is 0 Å². The summed E-state index contributed by atoms with van der Waals surface area (Å²) < 4.78 is 17.1. The zero-order chi connectivity index (χ0) is 23.0. The van der Waals surface area contributed by atoms with Gasteiger partial charge in [0.1, 0.15) is 6.61 Å². The van der Waals surface area contributed by atoms with Crippen LogP contribution in [0.3, 0.4) is 0 Å². The fraction of sp³-hybridized carbons (Fsp3) is 0.520. The Balaban J connectivity index is 1.52. The predicted octanol–water partition coefficient (Wildman–Crippen LogP) is 2.80. The second kappa shape index (κ2) is 11.4. The van der Waals surface area contributed by atoms with Crippen molar-refractivity contribution in [1.82, 2.24) is 9.88 Å². The van der Waals surface area contributed by atoms with E-state index in [0.29, 0.717) is 12.5 Å². The van der Waals surface area contributed by atoms with Crippen LogP contribution in [0.5, 0.6) is 5.88 Å². The van der Waals surface area contributed by atoms with Crippen LogP contribution in [0.4, 0.5) is 11.5 Å². The van der Waals surface area contributed by atoms with E-state index in [1.165, 1.54) is 5.56 Å². The Morgan fingerprint density at radius 3 is 2.52 bits per heavy atom. The van der Waals surface area contributed by atoms with Gasteiger partial charge in [-0.1, -0.05) is 29.8 Å². The number of morpholine rings is 2. The van der Waals surface area contributed by atoms with Gasteiger partial charge < -0.3 is 19.1 Å². The molecule has 2 aliphatic rings. The number of nitrogens with zero attached hydrogens (tertiary/aromatic N) is 5. The molecule has 0 atom stereocenters. The molecular weight excluding hydrogens is 418 g/mol. The van der Waals surface area contributed by atoms with Gasteiger partial charge in [-0.05, 0) is 19.4 Å². The molecule has 4 rings (SSSR count). The van der Waals surface area contributed by atoms with Crippen LogP contribution in [-0.4, -0.2) is 88.4 Å². The third-order valence-corrected chi connectivity index (χ3v) is 5.98. The minimum atomic E-state index is 0.592. The number of rotatable bonds is 8. The van der Waals surface area contributed by atoms with Gasteiger partial charge in [-0.25, -0.2) is 0 Å². The van der Waals surface area contributed by atoms with E-state index in [1.54, 1.807) is 0 Å². The number of benzene rings is 1. The number of hydrogen-bond acceptors (Lipinski definition) is 8. The van der Waals surface area contributed by atoms with E-state index in [4.69, 9.17) is 24.3 Å². The predicted molar refractivity (Wildman–Crippen MR) is 132 cm³/mol. The van der Waals surface area contributed by atoms with Crippen molar-refractivity contribution in [2.45, 2.75) is 13.8 Å². The van der Waals surface area contributed by atoms with Crippen molar-refractivity contribution >= 4 is 17.2 Å². The van der Waals surface area contributed by atoms with Crippen molar-refractivity contribution in [2.24, 2.45) is 5.10 Å². The Bertz CT molecular complexity index is 939. The summed E-state index contributed by atoms with van der Waals surface area (Å²) in [5, 5.41) is 6.64. The Morgan fingerprint density at radius 2 is 1.79 bits per heavy atom. The molecule has 2 fully saturated rings. The molecular formula is C25H35N5O3. The maximum atomic E-state index is 6.11. The van der Waals surface area contributed by atoms with Crippen LogP contribution < -0.4 is 14.6 Å². The summed E-state index contributed by atoms with van der Waals surface area (Å²) in [5.74, 6) is 1.38. The van der Waals surface area contributed by atoms with Gasteiger partial charge in [0.2, 0.25) is 5.88 Å². The van der Waals surface area contributed by atoms with E-state index in [1.807, 2.05) is 25.0 Å². The van der Waals surface area contributed by atoms with E-state index in [-0.39, 0.29) is 0 Å². The van der Waals surface area contributed by atoms with E-state index in [9.17, 15) is 0 Å². The summed E-state index contributed by atoms with van der Waals surface area (Å²) in [4.78, 5) is 9.44. The first-order valence-corrected chi connectivity index (χ1v) is 11.7. The molecule has 0 N–H and O–H groups in total. The molecule has 0 aliphatic carbocycles. The lowest BCUT2D eigenvalue weighted by Gasteiger charge is -2.30. The quantitative estimate of drug-likeness (QED) is 0.450. The molecule has 2 aromatic rings. The highest BCUT2D eigenvalue weighted by atomic mass is 16.5. The molecule has 0 radical (unpaired) electrons. The van der Waals surface area contributed by atoms with Crippen LogP contribution in [0.1, 0.15) is 18.1 Å². The minimum Gasteiger partial charge on any atom is -0.476 e. The highest BCUT2D eigenvalue weighted by Crippen LogP contribution is 2.27. The van der Waals surface area contributed by atoms with Gasteiger partial charge in [-0.3, -0.25) is 9.91 Å². The summed E-state index contributed by atoms with van der Waals surface area (Å²) in [6, 6.07) is 12.5. The van der Waals surface area contributed by atoms with E-state index >= 15 is 0 Å². The molecule has 178 valence electrons. The summed E-state index contributed by atoms with van der Waals surface area (Å²) in [5.41, 5.74) is 4.34. The molecule has 0 amide bonds. The molecule has 2 saturated heterocycles. The molecule has 2 aliphatic heterocycles. The van der Waals surface area contributed by atoms with Crippen molar-refractivity contribution < 1.29 is 14.2 Å². The average Bonchev–Trinajstić information content (AvgIpc) is 2.85. The number of hydrogen-bond donors (Lipinski definition) is 0. The molecule has 1 aromatic carbocycles. The average molecular weight is 454 g/mol. The largest absolute Gasteiger partial charge is 0.476 e. The summed E-state index contributed by atoms with van der Waals surface area (Å²) in [7, 11) is 1.93. The fourth-order valence-corrected chi connectivity index (χ4v) is 4.03. The number of ether oxygens (including phenoxy) is 3. The van der Waals surface area contributed by atoms with Crippen molar-refractivity contribution in [2.75, 3.05) is 82.7 Å². The van der Waals surface area contributed by atoms with Crippen molar-refractivity contribution in [1.29, 1.82) is 0 Å². The third-order valence-electron chi connectivity index (χ3n) is 5.98. The maximum Gasteiger partial charge on any atom is 0.217 e. The number of anilines is 2. The second-order valence-corrected chi connectivity index (χ2v) is 8.50. The summed E-state index contributed by atoms with van der Waals surface area (Å²) >= 11 is 0. The van der Waals surface area contributed by atoms with Crippen molar-refractivity contribution in [3.8, 4) is 5.88 Å². The van der Waals surface area contributed by atoms with Gasteiger partial charge in [0, 0.05) is 57.6 Å². The third kappa shape index (κ3) is 6.66. The lowest BCUT2D eigenvalue weighted by Crippen LogP contribution is -2.38. The summed E-state index contributed by atoms with van der Waals surface area (Å²) in [6.45, 7) is 12.2. The Hall–Kier alpha value is -2.68. The molecule has 8 nitrogen and oxygen atoms in total. The van der Waals surface area contributed by atoms with Crippen LogP contribution >= 0.6 is 0 Å². The number of hydrazone groups is 1. The second-order valence-electron chi connectivity index (χ2n) is 8.50. The summed E-state index contributed by atoms with van der Waals surface area (Å²) in [6.07, 6.45) is 0. The highest BCUT2D eigenvalue weighted by molar-refractivity contribution is 5.99. The first kappa shape index (κ1) is 23.5. The van der Waals surface area contributed by atoms with Crippen LogP contribution in [0.25, 0.3) is 0 Å². The molecule has 0 unspecified atom stereocenters. The first-order valence-electron chi connectivity index (χ1n) is 11.7. The van der Waals surface area contributed by atoms with Crippen LogP contribution in [0.2, 0.25) is 0 Å². The molecule has 0 bridgehead atoms. The number of pyridine rings is 1. The Morgan fingerprint density at radius 1 is 1.06 bits per heavy atom. The molecule has 3 heterocycles. The monoisotopic (exact) mass is 453 g/mol. The van der Waals surface area contributed by atoms with Gasteiger partial charge in [0.15, 0.2) is 5.82 Å². The van der Waals surface area contributed by atoms with E-state index < -0.39 is 0 Å². The van der Waals surface area contributed by atoms with Crippen molar-refractivity contribution in [3.05, 3.63) is 47.5 Å². The molecule has 33 heavy (non-hydrogen) atoms. The van der Waals surface area contributed by atoms with E-state index in [0.717, 1.165) is 81.9 Å². The van der Waals surface area contributed by atoms with Crippen LogP contribution in [0.15, 0.2) is 41.5 Å². The van der Waals surface area contributed by atoms with Gasteiger partial charge in [0.25, 0.3) is 0 Å². The smallest absolute Gasteiger partial charge is 0.217 e. The Kier molecular flexibility index (Phi) is 8.15. The van der Waals surface area contributed by atoms with Gasteiger partial charge in [0.05, 0.1) is 32.1 Å². The van der Waals surface area contributed by atoms with Crippen LogP contribution in [0, 0.1) is 6.92 Å². The zero-order valence-electron chi connectivity index (χ0n) is 20.0. The maximum absolute atomic E-state index is 6.11. The minimum absolute atomic E-state index is 0.592. The van der Waals surface area contributed by atoms with Crippen LogP contribution in [-0.2, 0) is 9.47 Å². The lowest BCUT2D eigenvalue weighted by atomic mass is 10.1.